The lowest BCUT2D eigenvalue weighted by atomic mass is 10.0. The van der Waals surface area contributed by atoms with Gasteiger partial charge in [0.15, 0.2) is 0 Å². The molecule has 12 nitrogen and oxygen atoms in total. The molecule has 2 aromatic carbocycles. The van der Waals surface area contributed by atoms with E-state index in [1.165, 1.54) is 7.11 Å². The third kappa shape index (κ3) is 7.34. The second kappa shape index (κ2) is 14.1. The van der Waals surface area contributed by atoms with E-state index in [1.807, 2.05) is 57.2 Å². The summed E-state index contributed by atoms with van der Waals surface area (Å²) in [6.45, 7) is 7.00. The average molecular weight is 613 g/mol. The van der Waals surface area contributed by atoms with Crippen LogP contribution in [0.25, 0.3) is 33.6 Å². The Morgan fingerprint density at radius 1 is 0.933 bits per heavy atom. The summed E-state index contributed by atoms with van der Waals surface area (Å²) in [5.74, 6) is 0.897. The first-order chi connectivity index (χ1) is 21.8. The molecule has 2 atom stereocenters. The van der Waals surface area contributed by atoms with Crippen molar-refractivity contribution in [2.24, 2.45) is 5.92 Å². The molecule has 0 aliphatic carbocycles. The SMILES string of the molecule is CCCNC(=O)Nc1ncc(-c2ccc(-c3ccc(-c4cnc([C@@H]5CCCN5C(=O)[C@@H](NC(=O)OC)C(C)C)[nH]4)cc3)cc2)[nH]1. The lowest BCUT2D eigenvalue weighted by molar-refractivity contribution is -0.135. The lowest BCUT2D eigenvalue weighted by Crippen LogP contribution is -2.51. The second-order valence-corrected chi connectivity index (χ2v) is 11.4. The van der Waals surface area contributed by atoms with Crippen molar-refractivity contribution in [1.29, 1.82) is 0 Å². The molecule has 5 rings (SSSR count). The maximum Gasteiger partial charge on any atom is 0.407 e. The third-order valence-electron chi connectivity index (χ3n) is 7.91. The second-order valence-electron chi connectivity index (χ2n) is 11.4. The molecular weight excluding hydrogens is 572 g/mol. The van der Waals surface area contributed by atoms with E-state index in [2.05, 4.69) is 48.0 Å². The first-order valence-electron chi connectivity index (χ1n) is 15.3. The van der Waals surface area contributed by atoms with E-state index < -0.39 is 12.1 Å². The number of urea groups is 1. The van der Waals surface area contributed by atoms with Gasteiger partial charge >= 0.3 is 12.1 Å². The monoisotopic (exact) mass is 612 g/mol. The number of alkyl carbamates (subject to hydrolysis) is 1. The molecule has 1 saturated heterocycles. The highest BCUT2D eigenvalue weighted by atomic mass is 16.5. The van der Waals surface area contributed by atoms with Gasteiger partial charge in [-0.3, -0.25) is 10.1 Å². The number of anilines is 1. The van der Waals surface area contributed by atoms with Crippen molar-refractivity contribution in [2.75, 3.05) is 25.5 Å². The van der Waals surface area contributed by atoms with E-state index in [0.717, 1.165) is 58.7 Å². The molecule has 236 valence electrons. The topological polar surface area (TPSA) is 157 Å². The molecule has 4 amide bonds. The van der Waals surface area contributed by atoms with Gasteiger partial charge in [0, 0.05) is 13.1 Å². The van der Waals surface area contributed by atoms with Gasteiger partial charge in [0.05, 0.1) is 36.9 Å². The van der Waals surface area contributed by atoms with Crippen LogP contribution in [0.4, 0.5) is 15.5 Å². The lowest BCUT2D eigenvalue weighted by Gasteiger charge is -2.30. The van der Waals surface area contributed by atoms with Gasteiger partial charge in [-0.2, -0.15) is 0 Å². The number of rotatable bonds is 10. The quantitative estimate of drug-likeness (QED) is 0.154. The number of hydrogen-bond acceptors (Lipinski definition) is 6. The van der Waals surface area contributed by atoms with E-state index in [4.69, 9.17) is 4.74 Å². The number of likely N-dealkylation sites (tertiary alicyclic amines) is 1. The zero-order valence-electron chi connectivity index (χ0n) is 26.0. The molecule has 1 aliphatic rings. The highest BCUT2D eigenvalue weighted by Gasteiger charge is 2.37. The molecule has 12 heteroatoms. The van der Waals surface area contributed by atoms with E-state index >= 15 is 0 Å². The van der Waals surface area contributed by atoms with Gasteiger partial charge in [-0.25, -0.2) is 19.6 Å². The van der Waals surface area contributed by atoms with Crippen molar-refractivity contribution in [3.05, 3.63) is 66.7 Å². The number of ether oxygens (including phenoxy) is 1. The summed E-state index contributed by atoms with van der Waals surface area (Å²) in [5, 5.41) is 8.15. The molecule has 1 aliphatic heterocycles. The standard InChI is InChI=1S/C33H40N8O4/c1-5-16-34-32(43)40-31-36-19-26(38-31)24-14-10-22(11-15-24)21-8-12-23(13-9-21)25-18-35-29(37-25)27-7-6-17-41(27)30(42)28(20(2)3)39-33(44)45-4/h8-15,18-20,27-28H,5-7,16-17H2,1-4H3,(H,35,37)(H,39,44)(H3,34,36,38,40,43)/t27-,28-/m0/s1. The van der Waals surface area contributed by atoms with Crippen molar-refractivity contribution < 1.29 is 19.1 Å². The first kappa shape index (κ1) is 31.3. The number of benzene rings is 2. The number of amides is 4. The Morgan fingerprint density at radius 2 is 1.53 bits per heavy atom. The normalized spacial score (nSPS) is 15.1. The number of carbonyl (C=O) groups excluding carboxylic acids is 3. The fraction of sp³-hybridized carbons (Fsp3) is 0.364. The van der Waals surface area contributed by atoms with Crippen LogP contribution in [0.5, 0.6) is 0 Å². The summed E-state index contributed by atoms with van der Waals surface area (Å²) in [5.41, 5.74) is 5.74. The fourth-order valence-corrected chi connectivity index (χ4v) is 5.45. The molecule has 4 aromatic rings. The molecule has 0 unspecified atom stereocenters. The number of nitrogens with one attached hydrogen (secondary N) is 5. The van der Waals surface area contributed by atoms with Crippen LogP contribution in [0.3, 0.4) is 0 Å². The predicted molar refractivity (Wildman–Crippen MR) is 172 cm³/mol. The van der Waals surface area contributed by atoms with Crippen LogP contribution < -0.4 is 16.0 Å². The van der Waals surface area contributed by atoms with Crippen molar-refractivity contribution in [3.8, 4) is 33.6 Å². The van der Waals surface area contributed by atoms with Crippen LogP contribution in [0.15, 0.2) is 60.9 Å². The summed E-state index contributed by atoms with van der Waals surface area (Å²) < 4.78 is 4.73. The van der Waals surface area contributed by atoms with Gasteiger partial charge in [-0.15, -0.1) is 0 Å². The molecule has 1 fully saturated rings. The van der Waals surface area contributed by atoms with E-state index in [0.29, 0.717) is 19.0 Å². The number of H-pyrrole nitrogens is 2. The summed E-state index contributed by atoms with van der Waals surface area (Å²) in [6, 6.07) is 15.2. The summed E-state index contributed by atoms with van der Waals surface area (Å²) >= 11 is 0. The summed E-state index contributed by atoms with van der Waals surface area (Å²) in [7, 11) is 1.29. The van der Waals surface area contributed by atoms with Gasteiger partial charge in [-0.05, 0) is 47.4 Å². The maximum atomic E-state index is 13.4. The fourth-order valence-electron chi connectivity index (χ4n) is 5.45. The Balaban J connectivity index is 1.24. The Kier molecular flexibility index (Phi) is 9.81. The van der Waals surface area contributed by atoms with Crippen molar-refractivity contribution in [1.82, 2.24) is 35.5 Å². The smallest absolute Gasteiger partial charge is 0.407 e. The molecule has 0 radical (unpaired) electrons. The Bertz CT molecular complexity index is 1610. The van der Waals surface area contributed by atoms with Crippen molar-refractivity contribution in [3.63, 3.8) is 0 Å². The van der Waals surface area contributed by atoms with Crippen LogP contribution >= 0.6 is 0 Å². The number of aromatic amines is 2. The summed E-state index contributed by atoms with van der Waals surface area (Å²) in [6.07, 6.45) is 5.39. The van der Waals surface area contributed by atoms with Gasteiger partial charge < -0.3 is 30.2 Å². The number of nitrogens with zero attached hydrogens (tertiary/aromatic N) is 3. The van der Waals surface area contributed by atoms with Crippen LogP contribution in [0.2, 0.25) is 0 Å². The van der Waals surface area contributed by atoms with E-state index in [-0.39, 0.29) is 23.9 Å². The maximum absolute atomic E-state index is 13.4. The molecule has 0 bridgehead atoms. The third-order valence-corrected chi connectivity index (χ3v) is 7.91. The zero-order chi connectivity index (χ0) is 31.9. The summed E-state index contributed by atoms with van der Waals surface area (Å²) in [4.78, 5) is 54.5. The zero-order valence-corrected chi connectivity index (χ0v) is 26.0. The largest absolute Gasteiger partial charge is 0.453 e. The Morgan fingerprint density at radius 3 is 2.13 bits per heavy atom. The molecule has 3 heterocycles. The first-order valence-corrected chi connectivity index (χ1v) is 15.3. The number of methoxy groups -OCH3 is 1. The van der Waals surface area contributed by atoms with Crippen LogP contribution in [-0.4, -0.2) is 69.1 Å². The molecule has 0 saturated carbocycles. The minimum atomic E-state index is -0.674. The van der Waals surface area contributed by atoms with Gasteiger partial charge in [-0.1, -0.05) is 69.3 Å². The predicted octanol–water partition coefficient (Wildman–Crippen LogP) is 5.71. The van der Waals surface area contributed by atoms with E-state index in [1.54, 1.807) is 17.3 Å². The van der Waals surface area contributed by atoms with Crippen LogP contribution in [0.1, 0.15) is 51.9 Å². The van der Waals surface area contributed by atoms with Crippen molar-refractivity contribution in [2.45, 2.75) is 52.1 Å². The minimum absolute atomic E-state index is 0.0924. The van der Waals surface area contributed by atoms with Crippen LogP contribution in [0, 0.1) is 5.92 Å². The highest BCUT2D eigenvalue weighted by Crippen LogP contribution is 2.33. The molecule has 2 aromatic heterocycles. The Hall–Kier alpha value is -5.13. The number of imidazole rings is 2. The van der Waals surface area contributed by atoms with Crippen molar-refractivity contribution >= 4 is 24.0 Å². The van der Waals surface area contributed by atoms with Gasteiger partial charge in [0.25, 0.3) is 0 Å². The molecular formula is C33H40N8O4. The number of aromatic nitrogens is 4. The average Bonchev–Trinajstić information content (AvgIpc) is 3.83. The number of carbonyl (C=O) groups is 3. The Labute approximate surface area is 262 Å². The number of hydrogen-bond donors (Lipinski definition) is 5. The molecule has 45 heavy (non-hydrogen) atoms. The van der Waals surface area contributed by atoms with Crippen LogP contribution in [-0.2, 0) is 9.53 Å². The van der Waals surface area contributed by atoms with Gasteiger partial charge in [0.1, 0.15) is 11.9 Å². The molecule has 5 N–H and O–H groups in total. The minimum Gasteiger partial charge on any atom is -0.453 e. The highest BCUT2D eigenvalue weighted by molar-refractivity contribution is 5.88. The van der Waals surface area contributed by atoms with E-state index in [9.17, 15) is 14.4 Å². The van der Waals surface area contributed by atoms with Gasteiger partial charge in [0.2, 0.25) is 11.9 Å². The molecule has 0 spiro atoms.